The van der Waals surface area contributed by atoms with Crippen LogP contribution in [0.4, 0.5) is 5.13 Å². The van der Waals surface area contributed by atoms with E-state index >= 15 is 0 Å². The van der Waals surface area contributed by atoms with Crippen molar-refractivity contribution in [3.05, 3.63) is 53.9 Å². The first-order valence-corrected chi connectivity index (χ1v) is 9.95. The summed E-state index contributed by atoms with van der Waals surface area (Å²) in [5.41, 5.74) is 2.85. The minimum absolute atomic E-state index is 0.00860. The highest BCUT2D eigenvalue weighted by atomic mass is 35.5. The van der Waals surface area contributed by atoms with Gasteiger partial charge in [0.2, 0.25) is 5.91 Å². The van der Waals surface area contributed by atoms with E-state index in [0.29, 0.717) is 23.4 Å². The quantitative estimate of drug-likeness (QED) is 0.678. The van der Waals surface area contributed by atoms with Crippen molar-refractivity contribution in [3.63, 3.8) is 0 Å². The maximum atomic E-state index is 12.4. The van der Waals surface area contributed by atoms with Crippen LogP contribution in [0.2, 0.25) is 5.02 Å². The number of aromatic nitrogens is 2. The van der Waals surface area contributed by atoms with Gasteiger partial charge in [-0.1, -0.05) is 41.1 Å². The molecule has 0 saturated carbocycles. The third kappa shape index (κ3) is 4.03. The molecule has 0 spiro atoms. The zero-order valence-corrected chi connectivity index (χ0v) is 16.1. The SMILES string of the molecule is O=C(Nc1ncc(-c2ccncc2-c2ccccc2Cl)s1)C1CCOCC1. The molecule has 3 heterocycles. The molecule has 0 unspecified atom stereocenters. The largest absolute Gasteiger partial charge is 0.381 e. The van der Waals surface area contributed by atoms with Gasteiger partial charge >= 0.3 is 0 Å². The molecule has 1 amide bonds. The molecular weight excluding hydrogens is 382 g/mol. The molecule has 1 fully saturated rings. The van der Waals surface area contributed by atoms with Crippen LogP contribution in [0.5, 0.6) is 0 Å². The molecule has 4 rings (SSSR count). The van der Waals surface area contributed by atoms with E-state index < -0.39 is 0 Å². The van der Waals surface area contributed by atoms with Gasteiger partial charge in [-0.3, -0.25) is 9.78 Å². The lowest BCUT2D eigenvalue weighted by atomic mass is 10.00. The molecule has 2 aromatic heterocycles. The molecule has 0 radical (unpaired) electrons. The number of hydrogen-bond donors (Lipinski definition) is 1. The predicted octanol–water partition coefficient (Wildman–Crippen LogP) is 4.89. The first kappa shape index (κ1) is 18.1. The van der Waals surface area contributed by atoms with Gasteiger partial charge in [0.25, 0.3) is 0 Å². The summed E-state index contributed by atoms with van der Waals surface area (Å²) in [4.78, 5) is 22.0. The van der Waals surface area contributed by atoms with E-state index in [1.54, 1.807) is 18.6 Å². The van der Waals surface area contributed by atoms with E-state index in [0.717, 1.165) is 34.4 Å². The molecule has 3 aromatic rings. The number of carbonyl (C=O) groups excluding carboxylic acids is 1. The molecule has 1 aliphatic heterocycles. The van der Waals surface area contributed by atoms with Gasteiger partial charge in [0.15, 0.2) is 5.13 Å². The van der Waals surface area contributed by atoms with Crippen LogP contribution in [0.25, 0.3) is 21.6 Å². The number of ether oxygens (including phenoxy) is 1. The van der Waals surface area contributed by atoms with Gasteiger partial charge in [-0.15, -0.1) is 0 Å². The maximum Gasteiger partial charge on any atom is 0.229 e. The highest BCUT2D eigenvalue weighted by molar-refractivity contribution is 7.19. The second kappa shape index (κ2) is 8.17. The van der Waals surface area contributed by atoms with Gasteiger partial charge in [-0.25, -0.2) is 4.98 Å². The summed E-state index contributed by atoms with van der Waals surface area (Å²) in [6.45, 7) is 1.28. The highest BCUT2D eigenvalue weighted by Crippen LogP contribution is 2.38. The number of benzene rings is 1. The van der Waals surface area contributed by atoms with Gasteiger partial charge in [0.1, 0.15) is 0 Å². The number of halogens is 1. The van der Waals surface area contributed by atoms with E-state index in [9.17, 15) is 4.79 Å². The topological polar surface area (TPSA) is 64.1 Å². The summed E-state index contributed by atoms with van der Waals surface area (Å²) in [6, 6.07) is 9.62. The molecule has 0 aliphatic carbocycles. The van der Waals surface area contributed by atoms with E-state index in [2.05, 4.69) is 15.3 Å². The van der Waals surface area contributed by atoms with Gasteiger partial charge in [0, 0.05) is 59.4 Å². The molecule has 1 N–H and O–H groups in total. The van der Waals surface area contributed by atoms with Crippen LogP contribution in [0.15, 0.2) is 48.9 Å². The predicted molar refractivity (Wildman–Crippen MR) is 108 cm³/mol. The highest BCUT2D eigenvalue weighted by Gasteiger charge is 2.22. The van der Waals surface area contributed by atoms with E-state index in [1.165, 1.54) is 11.3 Å². The monoisotopic (exact) mass is 399 g/mol. The maximum absolute atomic E-state index is 12.4. The fraction of sp³-hybridized carbons (Fsp3) is 0.250. The minimum atomic E-state index is -0.00860. The lowest BCUT2D eigenvalue weighted by molar-refractivity contribution is -0.122. The van der Waals surface area contributed by atoms with Crippen LogP contribution in [0, 0.1) is 5.92 Å². The summed E-state index contributed by atoms with van der Waals surface area (Å²) >= 11 is 7.82. The van der Waals surface area contributed by atoms with Crippen molar-refractivity contribution in [1.29, 1.82) is 0 Å². The Morgan fingerprint density at radius 2 is 1.93 bits per heavy atom. The zero-order valence-electron chi connectivity index (χ0n) is 14.5. The van der Waals surface area contributed by atoms with Crippen LogP contribution >= 0.6 is 22.9 Å². The number of anilines is 1. The summed E-state index contributed by atoms with van der Waals surface area (Å²) in [6.07, 6.45) is 6.84. The van der Waals surface area contributed by atoms with E-state index in [1.807, 2.05) is 30.3 Å². The first-order chi connectivity index (χ1) is 13.2. The average Bonchev–Trinajstić information content (AvgIpc) is 3.17. The van der Waals surface area contributed by atoms with Crippen LogP contribution in [-0.4, -0.2) is 29.1 Å². The Kier molecular flexibility index (Phi) is 5.48. The Morgan fingerprint density at radius 3 is 2.74 bits per heavy atom. The number of pyridine rings is 1. The van der Waals surface area contributed by atoms with Gasteiger partial charge in [-0.2, -0.15) is 0 Å². The second-order valence-electron chi connectivity index (χ2n) is 6.31. The first-order valence-electron chi connectivity index (χ1n) is 8.76. The summed E-state index contributed by atoms with van der Waals surface area (Å²) in [5, 5.41) is 4.21. The Bertz CT molecular complexity index is 954. The zero-order chi connectivity index (χ0) is 18.6. The van der Waals surface area contributed by atoms with Crippen molar-refractivity contribution in [3.8, 4) is 21.6 Å². The molecular formula is C20H18ClN3O2S. The number of carbonyl (C=O) groups is 1. The average molecular weight is 400 g/mol. The fourth-order valence-electron chi connectivity index (χ4n) is 3.13. The number of nitrogens with one attached hydrogen (secondary N) is 1. The van der Waals surface area contributed by atoms with Crippen molar-refractivity contribution in [1.82, 2.24) is 9.97 Å². The van der Waals surface area contributed by atoms with Crippen molar-refractivity contribution >= 4 is 34.0 Å². The Labute approximate surface area is 166 Å². The number of rotatable bonds is 4. The lowest BCUT2D eigenvalue weighted by Gasteiger charge is -2.20. The number of amides is 1. The van der Waals surface area contributed by atoms with Crippen LogP contribution in [0.1, 0.15) is 12.8 Å². The number of thiazole rings is 1. The molecule has 1 aromatic carbocycles. The molecule has 0 bridgehead atoms. The molecule has 27 heavy (non-hydrogen) atoms. The summed E-state index contributed by atoms with van der Waals surface area (Å²) < 4.78 is 5.32. The Hall–Kier alpha value is -2.28. The van der Waals surface area contributed by atoms with Crippen LogP contribution in [-0.2, 0) is 9.53 Å². The second-order valence-corrected chi connectivity index (χ2v) is 7.74. The summed E-state index contributed by atoms with van der Waals surface area (Å²) in [5.74, 6) is 0.00553. The smallest absolute Gasteiger partial charge is 0.229 e. The van der Waals surface area contributed by atoms with Crippen LogP contribution < -0.4 is 5.32 Å². The summed E-state index contributed by atoms with van der Waals surface area (Å²) in [7, 11) is 0. The standard InChI is InChI=1S/C20H18ClN3O2S/c21-17-4-2-1-3-14(17)16-11-22-8-5-15(16)18-12-23-20(27-18)24-19(25)13-6-9-26-10-7-13/h1-5,8,11-13H,6-7,9-10H2,(H,23,24,25). The Balaban J connectivity index is 1.59. The number of nitrogens with zero attached hydrogens (tertiary/aromatic N) is 2. The molecule has 138 valence electrons. The normalized spacial score (nSPS) is 14.9. The van der Waals surface area contributed by atoms with Gasteiger partial charge in [-0.05, 0) is 25.0 Å². The van der Waals surface area contributed by atoms with E-state index in [4.69, 9.17) is 16.3 Å². The van der Waals surface area contributed by atoms with Gasteiger partial charge in [0.05, 0.1) is 4.88 Å². The third-order valence-electron chi connectivity index (χ3n) is 4.58. The lowest BCUT2D eigenvalue weighted by Crippen LogP contribution is -2.28. The molecule has 5 nitrogen and oxygen atoms in total. The van der Waals surface area contributed by atoms with Crippen molar-refractivity contribution < 1.29 is 9.53 Å². The molecule has 1 aliphatic rings. The fourth-order valence-corrected chi connectivity index (χ4v) is 4.22. The van der Waals surface area contributed by atoms with E-state index in [-0.39, 0.29) is 11.8 Å². The van der Waals surface area contributed by atoms with Gasteiger partial charge < -0.3 is 10.1 Å². The number of hydrogen-bond acceptors (Lipinski definition) is 5. The minimum Gasteiger partial charge on any atom is -0.381 e. The van der Waals surface area contributed by atoms with Crippen molar-refractivity contribution in [2.75, 3.05) is 18.5 Å². The molecule has 7 heteroatoms. The molecule has 0 atom stereocenters. The van der Waals surface area contributed by atoms with Crippen molar-refractivity contribution in [2.24, 2.45) is 5.92 Å². The molecule has 1 saturated heterocycles. The Morgan fingerprint density at radius 1 is 1.11 bits per heavy atom. The van der Waals surface area contributed by atoms with Crippen molar-refractivity contribution in [2.45, 2.75) is 12.8 Å². The van der Waals surface area contributed by atoms with Crippen LogP contribution in [0.3, 0.4) is 0 Å². The third-order valence-corrected chi connectivity index (χ3v) is 5.85.